The molecule has 0 unspecified atom stereocenters. The molecule has 0 amide bonds. The van der Waals surface area contributed by atoms with E-state index in [4.69, 9.17) is 23.2 Å². The quantitative estimate of drug-likeness (QED) is 0.869. The first-order valence-electron chi connectivity index (χ1n) is 5.57. The highest BCUT2D eigenvalue weighted by molar-refractivity contribution is 7.89. The van der Waals surface area contributed by atoms with Crippen LogP contribution in [0.15, 0.2) is 41.3 Å². The highest BCUT2D eigenvalue weighted by Gasteiger charge is 2.22. The lowest BCUT2D eigenvalue weighted by Gasteiger charge is -2.12. The Balaban J connectivity index is 2.08. The van der Waals surface area contributed by atoms with Gasteiger partial charge in [0.05, 0.1) is 10.4 Å². The van der Waals surface area contributed by atoms with Crippen LogP contribution in [0, 0.1) is 0 Å². The molecule has 0 aliphatic heterocycles. The van der Waals surface area contributed by atoms with Gasteiger partial charge in [-0.25, -0.2) is 13.1 Å². The summed E-state index contributed by atoms with van der Waals surface area (Å²) in [6.45, 7) is -0.143. The van der Waals surface area contributed by atoms with Gasteiger partial charge in [0.1, 0.15) is 9.23 Å². The zero-order valence-electron chi connectivity index (χ0n) is 10.1. The zero-order chi connectivity index (χ0) is 14.8. The average molecular weight is 352 g/mol. The number of halogens is 2. The van der Waals surface area contributed by atoms with Crippen LogP contribution in [0.5, 0.6) is 0 Å². The summed E-state index contributed by atoms with van der Waals surface area (Å²) in [6, 6.07) is 10.1. The Hall–Kier alpha value is -0.630. The van der Waals surface area contributed by atoms with Gasteiger partial charge in [0, 0.05) is 6.54 Å². The third-order valence-electron chi connectivity index (χ3n) is 2.57. The van der Waals surface area contributed by atoms with Crippen molar-refractivity contribution >= 4 is 44.6 Å². The summed E-state index contributed by atoms with van der Waals surface area (Å²) in [7, 11) is -3.79. The number of hydrogen-bond donors (Lipinski definition) is 2. The molecular weight excluding hydrogens is 341 g/mol. The standard InChI is InChI=1S/C12H11Cl2NO3S2/c13-11-6-10(12(14)19-11)20(17,18)15-7-9(16)8-4-2-1-3-5-8/h1-6,9,15-16H,7H2/t9-/m0/s1. The van der Waals surface area contributed by atoms with E-state index in [9.17, 15) is 13.5 Å². The Morgan fingerprint density at radius 2 is 1.90 bits per heavy atom. The number of nitrogens with one attached hydrogen (secondary N) is 1. The van der Waals surface area contributed by atoms with Crippen molar-refractivity contribution in [3.63, 3.8) is 0 Å². The molecule has 0 aliphatic carbocycles. The summed E-state index contributed by atoms with van der Waals surface area (Å²) in [5.41, 5.74) is 0.629. The van der Waals surface area contributed by atoms with E-state index in [1.807, 2.05) is 6.07 Å². The molecule has 2 aromatic rings. The van der Waals surface area contributed by atoms with E-state index in [-0.39, 0.29) is 15.8 Å². The fourth-order valence-corrected chi connectivity index (χ4v) is 4.75. The second-order valence-electron chi connectivity index (χ2n) is 3.97. The number of hydrogen-bond acceptors (Lipinski definition) is 4. The first kappa shape index (κ1) is 15.8. The van der Waals surface area contributed by atoms with E-state index in [0.717, 1.165) is 11.3 Å². The van der Waals surface area contributed by atoms with E-state index in [0.29, 0.717) is 9.90 Å². The minimum absolute atomic E-state index is 0.0746. The van der Waals surface area contributed by atoms with Crippen LogP contribution in [0.4, 0.5) is 0 Å². The maximum Gasteiger partial charge on any atom is 0.243 e. The SMILES string of the molecule is O=S(=O)(NC[C@H](O)c1ccccc1)c1cc(Cl)sc1Cl. The van der Waals surface area contributed by atoms with Gasteiger partial charge in [0.15, 0.2) is 0 Å². The molecule has 0 bridgehead atoms. The Kier molecular flexibility index (Phi) is 5.06. The van der Waals surface area contributed by atoms with Gasteiger partial charge in [-0.15, -0.1) is 11.3 Å². The number of sulfonamides is 1. The van der Waals surface area contributed by atoms with Gasteiger partial charge >= 0.3 is 0 Å². The topological polar surface area (TPSA) is 66.4 Å². The molecule has 1 atom stereocenters. The summed E-state index contributed by atoms with van der Waals surface area (Å²) >= 11 is 12.5. The molecule has 108 valence electrons. The van der Waals surface area contributed by atoms with E-state index < -0.39 is 16.1 Å². The van der Waals surface area contributed by atoms with Crippen molar-refractivity contribution in [3.8, 4) is 0 Å². The summed E-state index contributed by atoms with van der Waals surface area (Å²) in [5.74, 6) is 0. The molecule has 0 saturated carbocycles. The molecule has 2 N–H and O–H groups in total. The summed E-state index contributed by atoms with van der Waals surface area (Å²) < 4.78 is 26.8. The second-order valence-corrected chi connectivity index (χ2v) is 7.99. The smallest absolute Gasteiger partial charge is 0.243 e. The fraction of sp³-hybridized carbons (Fsp3) is 0.167. The third kappa shape index (κ3) is 3.72. The van der Waals surface area contributed by atoms with Crippen molar-refractivity contribution in [3.05, 3.63) is 50.6 Å². The molecule has 4 nitrogen and oxygen atoms in total. The van der Waals surface area contributed by atoms with Crippen LogP contribution >= 0.6 is 34.5 Å². The maximum absolute atomic E-state index is 12.0. The molecule has 1 aromatic heterocycles. The molecule has 8 heteroatoms. The summed E-state index contributed by atoms with van der Waals surface area (Å²) in [4.78, 5) is -0.0746. The minimum Gasteiger partial charge on any atom is -0.387 e. The molecule has 0 radical (unpaired) electrons. The molecule has 0 aliphatic rings. The predicted octanol–water partition coefficient (Wildman–Crippen LogP) is 3.07. The fourth-order valence-electron chi connectivity index (χ4n) is 1.57. The van der Waals surface area contributed by atoms with Crippen LogP contribution in [0.2, 0.25) is 8.67 Å². The van der Waals surface area contributed by atoms with Crippen LogP contribution < -0.4 is 4.72 Å². The number of thiophene rings is 1. The molecule has 20 heavy (non-hydrogen) atoms. The van der Waals surface area contributed by atoms with E-state index in [2.05, 4.69) is 4.72 Å². The van der Waals surface area contributed by atoms with Crippen LogP contribution in [0.25, 0.3) is 0 Å². The zero-order valence-corrected chi connectivity index (χ0v) is 13.2. The van der Waals surface area contributed by atoms with Gasteiger partial charge in [0.2, 0.25) is 10.0 Å². The van der Waals surface area contributed by atoms with Crippen molar-refractivity contribution in [1.29, 1.82) is 0 Å². The Morgan fingerprint density at radius 3 is 2.45 bits per heavy atom. The van der Waals surface area contributed by atoms with Crippen molar-refractivity contribution in [2.75, 3.05) is 6.54 Å². The molecule has 1 heterocycles. The van der Waals surface area contributed by atoms with Gasteiger partial charge in [0.25, 0.3) is 0 Å². The largest absolute Gasteiger partial charge is 0.387 e. The second kappa shape index (κ2) is 6.43. The summed E-state index contributed by atoms with van der Waals surface area (Å²) in [5, 5.41) is 9.92. The molecule has 0 saturated heterocycles. The normalized spacial score (nSPS) is 13.3. The third-order valence-corrected chi connectivity index (χ3v) is 5.74. The minimum atomic E-state index is -3.79. The predicted molar refractivity (Wildman–Crippen MR) is 80.9 cm³/mol. The Labute approximate surface area is 131 Å². The van der Waals surface area contributed by atoms with Crippen molar-refractivity contribution in [2.24, 2.45) is 0 Å². The molecule has 2 rings (SSSR count). The molecular formula is C12H11Cl2NO3S2. The number of benzene rings is 1. The van der Waals surface area contributed by atoms with Gasteiger partial charge in [-0.3, -0.25) is 0 Å². The molecule has 0 fully saturated rings. The Bertz CT molecular complexity index is 686. The van der Waals surface area contributed by atoms with E-state index in [1.165, 1.54) is 6.07 Å². The highest BCUT2D eigenvalue weighted by Crippen LogP contribution is 2.34. The lowest BCUT2D eigenvalue weighted by atomic mass is 10.1. The highest BCUT2D eigenvalue weighted by atomic mass is 35.5. The van der Waals surface area contributed by atoms with Gasteiger partial charge in [-0.1, -0.05) is 53.5 Å². The maximum atomic E-state index is 12.0. The van der Waals surface area contributed by atoms with Crippen molar-refractivity contribution < 1.29 is 13.5 Å². The number of aliphatic hydroxyl groups excluding tert-OH is 1. The van der Waals surface area contributed by atoms with Gasteiger partial charge in [-0.05, 0) is 11.6 Å². The summed E-state index contributed by atoms with van der Waals surface area (Å²) in [6.07, 6.45) is -0.932. The first-order valence-corrected chi connectivity index (χ1v) is 8.63. The van der Waals surface area contributed by atoms with Crippen LogP contribution in [0.3, 0.4) is 0 Å². The van der Waals surface area contributed by atoms with Crippen LogP contribution in [-0.2, 0) is 10.0 Å². The Morgan fingerprint density at radius 1 is 1.25 bits per heavy atom. The van der Waals surface area contributed by atoms with Crippen LogP contribution in [-0.4, -0.2) is 20.1 Å². The van der Waals surface area contributed by atoms with Crippen molar-refractivity contribution in [2.45, 2.75) is 11.0 Å². The molecule has 0 spiro atoms. The average Bonchev–Trinajstić information content (AvgIpc) is 2.77. The van der Waals surface area contributed by atoms with E-state index >= 15 is 0 Å². The van der Waals surface area contributed by atoms with Crippen LogP contribution in [0.1, 0.15) is 11.7 Å². The number of aliphatic hydroxyl groups is 1. The molecule has 1 aromatic carbocycles. The van der Waals surface area contributed by atoms with Gasteiger partial charge < -0.3 is 5.11 Å². The van der Waals surface area contributed by atoms with Crippen molar-refractivity contribution in [1.82, 2.24) is 4.72 Å². The van der Waals surface area contributed by atoms with Gasteiger partial charge in [-0.2, -0.15) is 0 Å². The number of rotatable bonds is 5. The lowest BCUT2D eigenvalue weighted by molar-refractivity contribution is 0.182. The lowest BCUT2D eigenvalue weighted by Crippen LogP contribution is -2.28. The first-order chi connectivity index (χ1) is 9.40. The van der Waals surface area contributed by atoms with E-state index in [1.54, 1.807) is 24.3 Å². The monoisotopic (exact) mass is 351 g/mol.